The van der Waals surface area contributed by atoms with Gasteiger partial charge in [0.25, 0.3) is 5.91 Å². The highest BCUT2D eigenvalue weighted by atomic mass is 19.1. The molecule has 0 aliphatic carbocycles. The predicted octanol–water partition coefficient (Wildman–Crippen LogP) is 3.72. The summed E-state index contributed by atoms with van der Waals surface area (Å²) in [6.45, 7) is 0.400. The van der Waals surface area contributed by atoms with E-state index in [-0.39, 0.29) is 11.7 Å². The van der Waals surface area contributed by atoms with E-state index in [1.807, 2.05) is 30.3 Å². The summed E-state index contributed by atoms with van der Waals surface area (Å²) in [7, 11) is 1.59. The minimum atomic E-state index is -0.336. The molecule has 0 aliphatic heterocycles. The van der Waals surface area contributed by atoms with Gasteiger partial charge in [0.15, 0.2) is 0 Å². The molecule has 2 heterocycles. The summed E-state index contributed by atoms with van der Waals surface area (Å²) in [5.41, 5.74) is 3.10. The third kappa shape index (κ3) is 4.32. The number of anilines is 1. The number of carbonyl (C=O) groups is 1. The maximum absolute atomic E-state index is 13.3. The number of nitrogens with zero attached hydrogens (tertiary/aromatic N) is 3. The number of carbonyl (C=O) groups excluding carboxylic acids is 1. The summed E-state index contributed by atoms with van der Waals surface area (Å²) in [5, 5.41) is 13.9. The van der Waals surface area contributed by atoms with E-state index in [0.29, 0.717) is 29.4 Å². The van der Waals surface area contributed by atoms with E-state index in [0.717, 1.165) is 11.1 Å². The lowest BCUT2D eigenvalue weighted by Gasteiger charge is -2.02. The van der Waals surface area contributed by atoms with Crippen LogP contribution in [0.4, 0.5) is 10.1 Å². The fraction of sp³-hybridized carbons (Fsp3) is 0.0952. The number of ether oxygens (including phenoxy) is 1. The Morgan fingerprint density at radius 2 is 2.07 bits per heavy atom. The molecule has 2 aromatic carbocycles. The first kappa shape index (κ1) is 18.4. The van der Waals surface area contributed by atoms with Gasteiger partial charge in [-0.15, -0.1) is 0 Å². The fourth-order valence-electron chi connectivity index (χ4n) is 2.90. The summed E-state index contributed by atoms with van der Waals surface area (Å²) in [6.07, 6.45) is 3.22. The van der Waals surface area contributed by atoms with E-state index in [1.165, 1.54) is 18.3 Å². The maximum atomic E-state index is 13.3. The molecule has 2 N–H and O–H groups in total. The van der Waals surface area contributed by atoms with Gasteiger partial charge in [0.2, 0.25) is 0 Å². The lowest BCUT2D eigenvalue weighted by Crippen LogP contribution is -2.11. The van der Waals surface area contributed by atoms with Crippen molar-refractivity contribution < 1.29 is 13.9 Å². The molecule has 0 spiro atoms. The second kappa shape index (κ2) is 7.97. The quantitative estimate of drug-likeness (QED) is 0.525. The molecule has 0 aliphatic rings. The predicted molar refractivity (Wildman–Crippen MR) is 106 cm³/mol. The first-order valence-electron chi connectivity index (χ1n) is 8.89. The SMILES string of the molecule is COc1cccc(-c2cc(C(=O)Nc3cnn(Cc4cccc(F)c4)c3)[nH]n2)c1. The van der Waals surface area contributed by atoms with Crippen LogP contribution in [0.25, 0.3) is 11.3 Å². The summed E-state index contributed by atoms with van der Waals surface area (Å²) in [4.78, 5) is 12.5. The topological polar surface area (TPSA) is 84.8 Å². The van der Waals surface area contributed by atoms with Crippen molar-refractivity contribution in [2.75, 3.05) is 12.4 Å². The second-order valence-corrected chi connectivity index (χ2v) is 6.41. The van der Waals surface area contributed by atoms with Crippen LogP contribution in [-0.4, -0.2) is 33.0 Å². The lowest BCUT2D eigenvalue weighted by atomic mass is 10.1. The number of rotatable bonds is 6. The summed E-state index contributed by atoms with van der Waals surface area (Å²) < 4.78 is 20.1. The van der Waals surface area contributed by atoms with Crippen molar-refractivity contribution in [2.24, 2.45) is 0 Å². The zero-order valence-electron chi connectivity index (χ0n) is 15.6. The van der Waals surface area contributed by atoms with E-state index < -0.39 is 0 Å². The minimum absolute atomic E-state index is 0.297. The standard InChI is InChI=1S/C21H18FN5O2/c1-29-18-7-3-5-15(9-18)19-10-20(26-25-19)21(28)24-17-11-23-27(13-17)12-14-4-2-6-16(22)8-14/h2-11,13H,12H2,1H3,(H,24,28)(H,25,26). The molecule has 8 heteroatoms. The van der Waals surface area contributed by atoms with Gasteiger partial charge in [0.1, 0.15) is 17.3 Å². The molecule has 0 radical (unpaired) electrons. The van der Waals surface area contributed by atoms with E-state index in [1.54, 1.807) is 30.1 Å². The van der Waals surface area contributed by atoms with Crippen LogP contribution < -0.4 is 10.1 Å². The van der Waals surface area contributed by atoms with Gasteiger partial charge in [-0.1, -0.05) is 24.3 Å². The molecule has 7 nitrogen and oxygen atoms in total. The molecule has 0 saturated carbocycles. The van der Waals surface area contributed by atoms with Gasteiger partial charge in [0, 0.05) is 11.8 Å². The Morgan fingerprint density at radius 1 is 1.21 bits per heavy atom. The highest BCUT2D eigenvalue weighted by Crippen LogP contribution is 2.23. The molecule has 4 rings (SSSR count). The number of hydrogen-bond acceptors (Lipinski definition) is 4. The van der Waals surface area contributed by atoms with Crippen molar-refractivity contribution in [2.45, 2.75) is 6.54 Å². The Bertz CT molecular complexity index is 1150. The molecule has 1 amide bonds. The highest BCUT2D eigenvalue weighted by molar-refractivity contribution is 6.03. The second-order valence-electron chi connectivity index (χ2n) is 6.41. The normalized spacial score (nSPS) is 10.7. The Labute approximate surface area is 166 Å². The number of nitrogens with one attached hydrogen (secondary N) is 2. The number of hydrogen-bond donors (Lipinski definition) is 2. The number of methoxy groups -OCH3 is 1. The minimum Gasteiger partial charge on any atom is -0.497 e. The molecule has 0 unspecified atom stereocenters. The Morgan fingerprint density at radius 3 is 2.90 bits per heavy atom. The number of benzene rings is 2. The Hall–Kier alpha value is -3.94. The monoisotopic (exact) mass is 391 g/mol. The van der Waals surface area contributed by atoms with Crippen molar-refractivity contribution >= 4 is 11.6 Å². The molecule has 29 heavy (non-hydrogen) atoms. The lowest BCUT2D eigenvalue weighted by molar-refractivity contribution is 0.102. The molecular formula is C21H18FN5O2. The zero-order valence-corrected chi connectivity index (χ0v) is 15.6. The van der Waals surface area contributed by atoms with E-state index in [4.69, 9.17) is 4.74 Å². The van der Waals surface area contributed by atoms with Crippen molar-refractivity contribution in [3.8, 4) is 17.0 Å². The van der Waals surface area contributed by atoms with Crippen LogP contribution in [-0.2, 0) is 6.54 Å². The molecule has 4 aromatic rings. The third-order valence-electron chi connectivity index (χ3n) is 4.31. The first-order chi connectivity index (χ1) is 14.1. The summed E-state index contributed by atoms with van der Waals surface area (Å²) >= 11 is 0. The molecular weight excluding hydrogens is 373 g/mol. The van der Waals surface area contributed by atoms with E-state index in [2.05, 4.69) is 20.6 Å². The zero-order chi connectivity index (χ0) is 20.2. The number of amides is 1. The number of aromatic nitrogens is 4. The Kier molecular flexibility index (Phi) is 5.07. The van der Waals surface area contributed by atoms with Gasteiger partial charge in [-0.2, -0.15) is 10.2 Å². The molecule has 0 atom stereocenters. The largest absolute Gasteiger partial charge is 0.497 e. The van der Waals surface area contributed by atoms with Gasteiger partial charge < -0.3 is 10.1 Å². The summed E-state index contributed by atoms with van der Waals surface area (Å²) in [5.74, 6) is 0.0773. The smallest absolute Gasteiger partial charge is 0.273 e. The van der Waals surface area contributed by atoms with Gasteiger partial charge >= 0.3 is 0 Å². The van der Waals surface area contributed by atoms with Crippen LogP contribution in [0.15, 0.2) is 67.0 Å². The van der Waals surface area contributed by atoms with Gasteiger partial charge in [0.05, 0.1) is 31.2 Å². The third-order valence-corrected chi connectivity index (χ3v) is 4.31. The van der Waals surface area contributed by atoms with E-state index in [9.17, 15) is 9.18 Å². The van der Waals surface area contributed by atoms with Crippen LogP contribution in [0.3, 0.4) is 0 Å². The average molecular weight is 391 g/mol. The van der Waals surface area contributed by atoms with Crippen molar-refractivity contribution in [1.82, 2.24) is 20.0 Å². The first-order valence-corrected chi connectivity index (χ1v) is 8.89. The maximum Gasteiger partial charge on any atom is 0.273 e. The van der Waals surface area contributed by atoms with Crippen molar-refractivity contribution in [1.29, 1.82) is 0 Å². The highest BCUT2D eigenvalue weighted by Gasteiger charge is 2.13. The summed E-state index contributed by atoms with van der Waals surface area (Å²) in [6, 6.07) is 15.4. The van der Waals surface area contributed by atoms with Crippen LogP contribution in [0.2, 0.25) is 0 Å². The molecule has 146 valence electrons. The van der Waals surface area contributed by atoms with Gasteiger partial charge in [-0.3, -0.25) is 14.6 Å². The van der Waals surface area contributed by atoms with Gasteiger partial charge in [-0.25, -0.2) is 4.39 Å². The number of H-pyrrole nitrogens is 1. The van der Waals surface area contributed by atoms with Crippen LogP contribution in [0, 0.1) is 5.82 Å². The molecule has 0 fully saturated rings. The van der Waals surface area contributed by atoms with Crippen LogP contribution >= 0.6 is 0 Å². The average Bonchev–Trinajstić information content (AvgIpc) is 3.38. The Balaban J connectivity index is 1.43. The van der Waals surface area contributed by atoms with Crippen molar-refractivity contribution in [3.63, 3.8) is 0 Å². The van der Waals surface area contributed by atoms with Crippen LogP contribution in [0.1, 0.15) is 16.1 Å². The number of halogens is 1. The molecule has 0 bridgehead atoms. The van der Waals surface area contributed by atoms with Crippen molar-refractivity contribution in [3.05, 3.63) is 84.1 Å². The van der Waals surface area contributed by atoms with Crippen LogP contribution in [0.5, 0.6) is 5.75 Å². The number of aromatic amines is 1. The molecule has 0 saturated heterocycles. The molecule has 2 aromatic heterocycles. The van der Waals surface area contributed by atoms with Gasteiger partial charge in [-0.05, 0) is 35.9 Å². The van der Waals surface area contributed by atoms with E-state index >= 15 is 0 Å². The fourth-order valence-corrected chi connectivity index (χ4v) is 2.90.